The lowest BCUT2D eigenvalue weighted by Gasteiger charge is -2.04. The zero-order valence-electron chi connectivity index (χ0n) is 6.83. The van der Waals surface area contributed by atoms with Crippen LogP contribution in [0, 0.1) is 6.07 Å². The number of hydrogen-bond donors (Lipinski definition) is 1. The fourth-order valence-electron chi connectivity index (χ4n) is 0.865. The number of aliphatic hydroxyl groups excluding tert-OH is 1. The van der Waals surface area contributed by atoms with E-state index in [4.69, 9.17) is 5.11 Å². The first-order valence-corrected chi connectivity index (χ1v) is 3.72. The van der Waals surface area contributed by atoms with E-state index in [-0.39, 0.29) is 6.61 Å². The first-order chi connectivity index (χ1) is 5.24. The van der Waals surface area contributed by atoms with E-state index in [9.17, 15) is 0 Å². The fraction of sp³-hybridized carbons (Fsp3) is 0.444. The van der Waals surface area contributed by atoms with Crippen molar-refractivity contribution in [2.24, 2.45) is 0 Å². The van der Waals surface area contributed by atoms with Crippen molar-refractivity contribution in [1.82, 2.24) is 4.98 Å². The molecule has 11 heavy (non-hydrogen) atoms. The molecule has 0 aliphatic heterocycles. The summed E-state index contributed by atoms with van der Waals surface area (Å²) in [4.78, 5) is 3.93. The second kappa shape index (κ2) is 3.49. The molecule has 0 fully saturated rings. The van der Waals surface area contributed by atoms with E-state index >= 15 is 0 Å². The molecule has 1 N–H and O–H groups in total. The fourth-order valence-corrected chi connectivity index (χ4v) is 0.865. The highest BCUT2D eigenvalue weighted by atomic mass is 16.3. The summed E-state index contributed by atoms with van der Waals surface area (Å²) in [5.74, 6) is 0.447. The molecule has 0 aliphatic carbocycles. The van der Waals surface area contributed by atoms with Gasteiger partial charge >= 0.3 is 0 Å². The molecule has 0 unspecified atom stereocenters. The topological polar surface area (TPSA) is 33.1 Å². The van der Waals surface area contributed by atoms with E-state index in [0.29, 0.717) is 11.6 Å². The van der Waals surface area contributed by atoms with Gasteiger partial charge < -0.3 is 5.11 Å². The molecule has 1 rings (SSSR count). The van der Waals surface area contributed by atoms with E-state index in [1.165, 1.54) is 0 Å². The maximum atomic E-state index is 8.75. The third-order valence-electron chi connectivity index (χ3n) is 1.54. The highest BCUT2D eigenvalue weighted by Gasteiger charge is 2.00. The molecule has 0 saturated carbocycles. The van der Waals surface area contributed by atoms with E-state index in [1.54, 1.807) is 6.20 Å². The Hall–Kier alpha value is -0.890. The number of aromatic nitrogens is 1. The average Bonchev–Trinajstić information content (AvgIpc) is 2.05. The normalized spacial score (nSPS) is 10.5. The minimum absolute atomic E-state index is 0.0272. The van der Waals surface area contributed by atoms with Crippen LogP contribution in [0.25, 0.3) is 0 Å². The lowest BCUT2D eigenvalue weighted by atomic mass is 10.0. The summed E-state index contributed by atoms with van der Waals surface area (Å²) < 4.78 is 0. The Kier molecular flexibility index (Phi) is 2.60. The number of pyridine rings is 1. The van der Waals surface area contributed by atoms with Crippen LogP contribution >= 0.6 is 0 Å². The van der Waals surface area contributed by atoms with Crippen LogP contribution in [0.4, 0.5) is 0 Å². The zero-order valence-corrected chi connectivity index (χ0v) is 6.83. The smallest absolute Gasteiger partial charge is 0.0859 e. The van der Waals surface area contributed by atoms with Crippen LogP contribution in [0.2, 0.25) is 0 Å². The van der Waals surface area contributed by atoms with Crippen molar-refractivity contribution in [1.29, 1.82) is 0 Å². The number of nitrogens with zero attached hydrogens (tertiary/aromatic N) is 1. The van der Waals surface area contributed by atoms with Crippen LogP contribution in [0.3, 0.4) is 0 Å². The van der Waals surface area contributed by atoms with Gasteiger partial charge in [-0.05, 0) is 17.5 Å². The van der Waals surface area contributed by atoms with E-state index in [1.807, 2.05) is 6.07 Å². The molecule has 0 spiro atoms. The van der Waals surface area contributed by atoms with Gasteiger partial charge in [0.1, 0.15) is 0 Å². The van der Waals surface area contributed by atoms with Gasteiger partial charge in [-0.3, -0.25) is 4.98 Å². The molecular formula is C9H12NO. The summed E-state index contributed by atoms with van der Waals surface area (Å²) >= 11 is 0. The van der Waals surface area contributed by atoms with Gasteiger partial charge in [-0.2, -0.15) is 0 Å². The van der Waals surface area contributed by atoms with Gasteiger partial charge in [-0.15, -0.1) is 0 Å². The molecule has 0 atom stereocenters. The Balaban J connectivity index is 2.91. The molecule has 0 saturated heterocycles. The van der Waals surface area contributed by atoms with Crippen LogP contribution < -0.4 is 0 Å². The van der Waals surface area contributed by atoms with E-state index < -0.39 is 0 Å². The molecular weight excluding hydrogens is 138 g/mol. The molecule has 0 aliphatic rings. The van der Waals surface area contributed by atoms with Gasteiger partial charge in [0.2, 0.25) is 0 Å². The van der Waals surface area contributed by atoms with Crippen molar-refractivity contribution >= 4 is 0 Å². The third kappa shape index (κ3) is 2.02. The van der Waals surface area contributed by atoms with Crippen LogP contribution in [-0.2, 0) is 6.61 Å². The van der Waals surface area contributed by atoms with Crippen molar-refractivity contribution in [3.63, 3.8) is 0 Å². The van der Waals surface area contributed by atoms with Crippen LogP contribution in [0.1, 0.15) is 31.0 Å². The minimum atomic E-state index is -0.0272. The van der Waals surface area contributed by atoms with Gasteiger partial charge in [-0.1, -0.05) is 13.8 Å². The van der Waals surface area contributed by atoms with Gasteiger partial charge in [0.25, 0.3) is 0 Å². The van der Waals surface area contributed by atoms with Crippen molar-refractivity contribution in [3.05, 3.63) is 29.6 Å². The molecule has 59 valence electrons. The van der Waals surface area contributed by atoms with Gasteiger partial charge in [0.15, 0.2) is 0 Å². The molecule has 2 heteroatoms. The highest BCUT2D eigenvalue weighted by molar-refractivity contribution is 5.17. The molecule has 1 aromatic heterocycles. The molecule has 1 aromatic rings. The monoisotopic (exact) mass is 150 g/mol. The SMILES string of the molecule is CC(C)c1[c]c(CO)ncc1. The molecule has 0 aromatic carbocycles. The molecule has 1 radical (unpaired) electrons. The Morgan fingerprint density at radius 2 is 2.36 bits per heavy atom. The first-order valence-electron chi connectivity index (χ1n) is 3.72. The summed E-state index contributed by atoms with van der Waals surface area (Å²) in [7, 11) is 0. The van der Waals surface area contributed by atoms with Crippen molar-refractivity contribution in [2.45, 2.75) is 26.4 Å². The predicted molar refractivity (Wildman–Crippen MR) is 43.1 cm³/mol. The Bertz CT molecular complexity index is 233. The van der Waals surface area contributed by atoms with E-state index in [0.717, 1.165) is 5.56 Å². The number of hydrogen-bond acceptors (Lipinski definition) is 2. The number of aliphatic hydroxyl groups is 1. The van der Waals surface area contributed by atoms with Crippen molar-refractivity contribution in [3.8, 4) is 0 Å². The zero-order chi connectivity index (χ0) is 8.27. The van der Waals surface area contributed by atoms with Gasteiger partial charge in [0.05, 0.1) is 12.3 Å². The van der Waals surface area contributed by atoms with Gasteiger partial charge in [-0.25, -0.2) is 0 Å². The van der Waals surface area contributed by atoms with Crippen molar-refractivity contribution in [2.75, 3.05) is 0 Å². The summed E-state index contributed by atoms with van der Waals surface area (Å²) in [5.41, 5.74) is 1.72. The summed E-state index contributed by atoms with van der Waals surface area (Å²) in [6.07, 6.45) is 1.71. The summed E-state index contributed by atoms with van der Waals surface area (Å²) in [6.45, 7) is 4.15. The second-order valence-corrected chi connectivity index (χ2v) is 2.78. The lowest BCUT2D eigenvalue weighted by molar-refractivity contribution is 0.276. The largest absolute Gasteiger partial charge is 0.390 e. The minimum Gasteiger partial charge on any atom is -0.390 e. The average molecular weight is 150 g/mol. The quantitative estimate of drug-likeness (QED) is 0.693. The Labute approximate surface area is 66.9 Å². The highest BCUT2D eigenvalue weighted by Crippen LogP contribution is 2.12. The first kappa shape index (κ1) is 8.21. The van der Waals surface area contributed by atoms with E-state index in [2.05, 4.69) is 24.9 Å². The summed E-state index contributed by atoms with van der Waals surface area (Å²) in [5, 5.41) is 8.75. The molecule has 0 amide bonds. The molecule has 2 nitrogen and oxygen atoms in total. The van der Waals surface area contributed by atoms with Crippen LogP contribution in [-0.4, -0.2) is 10.1 Å². The third-order valence-corrected chi connectivity index (χ3v) is 1.54. The van der Waals surface area contributed by atoms with Gasteiger partial charge in [0, 0.05) is 12.3 Å². The second-order valence-electron chi connectivity index (χ2n) is 2.78. The Morgan fingerprint density at radius 1 is 1.64 bits per heavy atom. The maximum Gasteiger partial charge on any atom is 0.0859 e. The van der Waals surface area contributed by atoms with Crippen molar-refractivity contribution < 1.29 is 5.11 Å². The lowest BCUT2D eigenvalue weighted by Crippen LogP contribution is -1.93. The molecule has 1 heterocycles. The maximum absolute atomic E-state index is 8.75. The van der Waals surface area contributed by atoms with Crippen LogP contribution in [0.5, 0.6) is 0 Å². The predicted octanol–water partition coefficient (Wildman–Crippen LogP) is 1.50. The Morgan fingerprint density at radius 3 is 2.91 bits per heavy atom. The number of rotatable bonds is 2. The van der Waals surface area contributed by atoms with Crippen LogP contribution in [0.15, 0.2) is 12.3 Å². The standard InChI is InChI=1S/C9H12NO/c1-7(2)8-3-4-10-9(5-8)6-11/h3-4,7,11H,6H2,1-2H3. The molecule has 0 bridgehead atoms. The summed E-state index contributed by atoms with van der Waals surface area (Å²) in [6, 6.07) is 4.95.